The summed E-state index contributed by atoms with van der Waals surface area (Å²) in [6.45, 7) is 4.14. The highest BCUT2D eigenvalue weighted by atomic mass is 15.1. The molecule has 1 aromatic carbocycles. The average Bonchev–Trinajstić information content (AvgIpc) is 2.04. The molecule has 1 atom stereocenters. The van der Waals surface area contributed by atoms with Crippen LogP contribution in [0, 0.1) is 6.92 Å². The molecule has 1 heterocycles. The van der Waals surface area contributed by atoms with E-state index in [0.717, 1.165) is 0 Å². The Morgan fingerprint density at radius 2 is 2.25 bits per heavy atom. The summed E-state index contributed by atoms with van der Waals surface area (Å²) in [6.07, 6.45) is 2.16. The number of fused-ring (bicyclic) bond motifs is 1. The van der Waals surface area contributed by atoms with E-state index in [1.54, 1.807) is 0 Å². The van der Waals surface area contributed by atoms with Crippen molar-refractivity contribution in [1.29, 1.82) is 0 Å². The topological polar surface area (TPSA) is 24.4 Å². The van der Waals surface area contributed by atoms with E-state index in [4.69, 9.17) is 0 Å². The zero-order valence-electron chi connectivity index (χ0n) is 7.33. The molecule has 2 nitrogen and oxygen atoms in total. The Morgan fingerprint density at radius 3 is 3.08 bits per heavy atom. The van der Waals surface area contributed by atoms with E-state index in [1.807, 2.05) is 13.1 Å². The highest BCUT2D eigenvalue weighted by molar-refractivity contribution is 5.91. The minimum absolute atomic E-state index is 0.208. The van der Waals surface area contributed by atoms with E-state index in [9.17, 15) is 0 Å². The van der Waals surface area contributed by atoms with Gasteiger partial charge in [0.05, 0.1) is 0 Å². The highest BCUT2D eigenvalue weighted by Gasteiger charge is 2.09. The summed E-state index contributed by atoms with van der Waals surface area (Å²) in [7, 11) is 0. The lowest BCUT2D eigenvalue weighted by Gasteiger charge is -2.19. The van der Waals surface area contributed by atoms with E-state index in [2.05, 4.69) is 35.4 Å². The quantitative estimate of drug-likeness (QED) is 0.618. The number of benzene rings is 1. The molecule has 0 radical (unpaired) electrons. The fourth-order valence-corrected chi connectivity index (χ4v) is 1.43. The van der Waals surface area contributed by atoms with Gasteiger partial charge in [-0.15, -0.1) is 0 Å². The van der Waals surface area contributed by atoms with E-state index >= 15 is 0 Å². The van der Waals surface area contributed by atoms with Crippen LogP contribution in [0.5, 0.6) is 0 Å². The van der Waals surface area contributed by atoms with Crippen LogP contribution >= 0.6 is 0 Å². The van der Waals surface area contributed by atoms with Crippen LogP contribution in [0.1, 0.15) is 18.1 Å². The van der Waals surface area contributed by atoms with Crippen molar-refractivity contribution in [2.75, 3.05) is 5.32 Å². The molecule has 0 fully saturated rings. The number of aryl methyl sites for hydroxylation is 1. The lowest BCUT2D eigenvalue weighted by molar-refractivity contribution is 0.848. The van der Waals surface area contributed by atoms with E-state index in [-0.39, 0.29) is 6.17 Å². The third-order valence-electron chi connectivity index (χ3n) is 2.12. The van der Waals surface area contributed by atoms with Crippen LogP contribution in [0.15, 0.2) is 23.2 Å². The summed E-state index contributed by atoms with van der Waals surface area (Å²) in [5.41, 5.74) is 3.68. The van der Waals surface area contributed by atoms with Gasteiger partial charge in [0.2, 0.25) is 0 Å². The standard InChI is InChI=1S/C10H12N2/c1-7-4-3-5-10-9(7)6-11-8(2)12-10/h3-6,8,12H,1-2H3. The first kappa shape index (κ1) is 7.35. The molecule has 12 heavy (non-hydrogen) atoms. The Kier molecular flexibility index (Phi) is 1.61. The van der Waals surface area contributed by atoms with Crippen molar-refractivity contribution in [1.82, 2.24) is 0 Å². The first-order valence-corrected chi connectivity index (χ1v) is 4.17. The summed E-state index contributed by atoms with van der Waals surface area (Å²) in [5, 5.41) is 3.30. The Balaban J connectivity index is 2.53. The fourth-order valence-electron chi connectivity index (χ4n) is 1.43. The molecule has 0 saturated heterocycles. The zero-order valence-corrected chi connectivity index (χ0v) is 7.33. The molecule has 1 aliphatic rings. The molecule has 62 valence electrons. The van der Waals surface area contributed by atoms with Crippen LogP contribution in [0.25, 0.3) is 0 Å². The Labute approximate surface area is 72.3 Å². The fraction of sp³-hybridized carbons (Fsp3) is 0.300. The summed E-state index contributed by atoms with van der Waals surface area (Å²) >= 11 is 0. The monoisotopic (exact) mass is 160 g/mol. The molecule has 1 unspecified atom stereocenters. The van der Waals surface area contributed by atoms with Gasteiger partial charge in [-0.1, -0.05) is 12.1 Å². The SMILES string of the molecule is Cc1cccc2c1C=NC(C)N2. The van der Waals surface area contributed by atoms with E-state index < -0.39 is 0 Å². The Bertz CT molecular complexity index is 329. The largest absolute Gasteiger partial charge is 0.363 e. The minimum atomic E-state index is 0.208. The molecule has 0 aliphatic carbocycles. The van der Waals surface area contributed by atoms with Crippen LogP contribution < -0.4 is 5.32 Å². The maximum absolute atomic E-state index is 4.30. The first-order valence-electron chi connectivity index (χ1n) is 4.17. The second kappa shape index (κ2) is 2.63. The summed E-state index contributed by atoms with van der Waals surface area (Å²) < 4.78 is 0. The third kappa shape index (κ3) is 1.09. The van der Waals surface area contributed by atoms with Gasteiger partial charge in [-0.3, -0.25) is 4.99 Å². The van der Waals surface area contributed by atoms with Gasteiger partial charge in [0.25, 0.3) is 0 Å². The third-order valence-corrected chi connectivity index (χ3v) is 2.12. The van der Waals surface area contributed by atoms with Crippen LogP contribution in [0.4, 0.5) is 5.69 Å². The van der Waals surface area contributed by atoms with Gasteiger partial charge < -0.3 is 5.32 Å². The lowest BCUT2D eigenvalue weighted by atomic mass is 10.1. The number of hydrogen-bond donors (Lipinski definition) is 1. The number of rotatable bonds is 0. The number of nitrogens with zero attached hydrogens (tertiary/aromatic N) is 1. The molecular formula is C10H12N2. The van der Waals surface area contributed by atoms with Crippen LogP contribution in [-0.2, 0) is 0 Å². The van der Waals surface area contributed by atoms with Crippen molar-refractivity contribution < 1.29 is 0 Å². The maximum Gasteiger partial charge on any atom is 0.115 e. The van der Waals surface area contributed by atoms with Crippen LogP contribution in [0.3, 0.4) is 0 Å². The Morgan fingerprint density at radius 1 is 1.42 bits per heavy atom. The summed E-state index contributed by atoms with van der Waals surface area (Å²) in [5.74, 6) is 0. The Hall–Kier alpha value is -1.31. The molecule has 1 aromatic rings. The number of nitrogens with one attached hydrogen (secondary N) is 1. The van der Waals surface area contributed by atoms with Gasteiger partial charge in [0, 0.05) is 17.5 Å². The van der Waals surface area contributed by atoms with Gasteiger partial charge in [0.1, 0.15) is 6.17 Å². The smallest absolute Gasteiger partial charge is 0.115 e. The molecule has 1 N–H and O–H groups in total. The summed E-state index contributed by atoms with van der Waals surface area (Å²) in [6, 6.07) is 6.25. The predicted molar refractivity (Wildman–Crippen MR) is 51.9 cm³/mol. The van der Waals surface area contributed by atoms with E-state index in [0.29, 0.717) is 0 Å². The second-order valence-corrected chi connectivity index (χ2v) is 3.13. The summed E-state index contributed by atoms with van der Waals surface area (Å²) in [4.78, 5) is 4.30. The molecule has 0 spiro atoms. The molecule has 0 amide bonds. The van der Waals surface area contributed by atoms with Gasteiger partial charge >= 0.3 is 0 Å². The van der Waals surface area contributed by atoms with Crippen molar-refractivity contribution in [3.8, 4) is 0 Å². The molecule has 0 aromatic heterocycles. The number of hydrogen-bond acceptors (Lipinski definition) is 2. The minimum Gasteiger partial charge on any atom is -0.363 e. The van der Waals surface area contributed by atoms with Crippen molar-refractivity contribution in [2.45, 2.75) is 20.0 Å². The number of anilines is 1. The van der Waals surface area contributed by atoms with Gasteiger partial charge in [-0.2, -0.15) is 0 Å². The average molecular weight is 160 g/mol. The molecule has 0 saturated carbocycles. The highest BCUT2D eigenvalue weighted by Crippen LogP contribution is 2.21. The van der Waals surface area contributed by atoms with Gasteiger partial charge in [0.15, 0.2) is 0 Å². The first-order chi connectivity index (χ1) is 5.77. The van der Waals surface area contributed by atoms with Crippen molar-refractivity contribution in [2.24, 2.45) is 4.99 Å². The molecule has 1 aliphatic heterocycles. The normalized spacial score (nSPS) is 20.0. The zero-order chi connectivity index (χ0) is 8.55. The maximum atomic E-state index is 4.30. The van der Waals surface area contributed by atoms with Crippen LogP contribution in [0.2, 0.25) is 0 Å². The predicted octanol–water partition coefficient (Wildman–Crippen LogP) is 2.19. The molecule has 0 bridgehead atoms. The van der Waals surface area contributed by atoms with Gasteiger partial charge in [-0.25, -0.2) is 0 Å². The van der Waals surface area contributed by atoms with Crippen LogP contribution in [-0.4, -0.2) is 12.4 Å². The van der Waals surface area contributed by atoms with Gasteiger partial charge in [-0.05, 0) is 25.5 Å². The lowest BCUT2D eigenvalue weighted by Crippen LogP contribution is -2.18. The second-order valence-electron chi connectivity index (χ2n) is 3.13. The van der Waals surface area contributed by atoms with Crippen molar-refractivity contribution >= 4 is 11.9 Å². The van der Waals surface area contributed by atoms with Crippen molar-refractivity contribution in [3.05, 3.63) is 29.3 Å². The van der Waals surface area contributed by atoms with Crippen molar-refractivity contribution in [3.63, 3.8) is 0 Å². The number of aliphatic imine (C=N–C) groups is 1. The molecule has 2 heteroatoms. The molecular weight excluding hydrogens is 148 g/mol. The molecule has 2 rings (SSSR count). The van der Waals surface area contributed by atoms with E-state index in [1.165, 1.54) is 16.8 Å².